The van der Waals surface area contributed by atoms with E-state index in [4.69, 9.17) is 16.3 Å². The Hall–Kier alpha value is -1.62. The standard InChI is InChI=1S/C17H19ClFNO2/c1-12(21)9-20-10-13-5-2-3-8-17(13)22-11-14-15(18)6-4-7-16(14)19/h2-8,12,20-21H,9-11H2,1H3/t12-/m1/s1. The Bertz CT molecular complexity index is 599. The van der Waals surface area contributed by atoms with Crippen molar-refractivity contribution in [3.63, 3.8) is 0 Å². The van der Waals surface area contributed by atoms with Gasteiger partial charge in [-0.25, -0.2) is 4.39 Å². The lowest BCUT2D eigenvalue weighted by Crippen LogP contribution is -2.24. The van der Waals surface area contributed by atoms with Gasteiger partial charge in [-0.05, 0) is 25.1 Å². The Morgan fingerprint density at radius 3 is 2.73 bits per heavy atom. The second kappa shape index (κ2) is 8.13. The van der Waals surface area contributed by atoms with E-state index in [9.17, 15) is 9.50 Å². The largest absolute Gasteiger partial charge is 0.488 e. The smallest absolute Gasteiger partial charge is 0.131 e. The van der Waals surface area contributed by atoms with E-state index in [-0.39, 0.29) is 12.4 Å². The molecule has 22 heavy (non-hydrogen) atoms. The first kappa shape index (κ1) is 16.7. The lowest BCUT2D eigenvalue weighted by molar-refractivity contribution is 0.190. The molecule has 0 fully saturated rings. The molecule has 2 aromatic carbocycles. The Morgan fingerprint density at radius 1 is 1.23 bits per heavy atom. The third-order valence-corrected chi connectivity index (χ3v) is 3.52. The first-order chi connectivity index (χ1) is 10.6. The van der Waals surface area contributed by atoms with Crippen LogP contribution >= 0.6 is 11.6 Å². The molecule has 2 rings (SSSR count). The van der Waals surface area contributed by atoms with Crippen molar-refractivity contribution in [3.05, 3.63) is 64.4 Å². The van der Waals surface area contributed by atoms with Gasteiger partial charge >= 0.3 is 0 Å². The summed E-state index contributed by atoms with van der Waals surface area (Å²) in [5, 5.41) is 12.7. The number of benzene rings is 2. The summed E-state index contributed by atoms with van der Waals surface area (Å²) in [6.45, 7) is 2.84. The minimum Gasteiger partial charge on any atom is -0.488 e. The van der Waals surface area contributed by atoms with Crippen molar-refractivity contribution < 1.29 is 14.2 Å². The topological polar surface area (TPSA) is 41.5 Å². The van der Waals surface area contributed by atoms with Crippen LogP contribution in [-0.2, 0) is 13.2 Å². The number of aliphatic hydroxyl groups is 1. The summed E-state index contributed by atoms with van der Waals surface area (Å²) in [5.41, 5.74) is 1.28. The van der Waals surface area contributed by atoms with Gasteiger partial charge < -0.3 is 15.2 Å². The Kier molecular flexibility index (Phi) is 6.19. The Balaban J connectivity index is 2.03. The molecule has 0 radical (unpaired) electrons. The lowest BCUT2D eigenvalue weighted by atomic mass is 10.2. The van der Waals surface area contributed by atoms with Crippen molar-refractivity contribution in [2.45, 2.75) is 26.2 Å². The summed E-state index contributed by atoms with van der Waals surface area (Å²) in [6.07, 6.45) is -0.412. The SMILES string of the molecule is C[C@@H](O)CNCc1ccccc1OCc1c(F)cccc1Cl. The molecule has 5 heteroatoms. The molecule has 0 amide bonds. The number of rotatable bonds is 7. The van der Waals surface area contributed by atoms with Crippen LogP contribution in [0.5, 0.6) is 5.75 Å². The van der Waals surface area contributed by atoms with Gasteiger partial charge in [-0.2, -0.15) is 0 Å². The van der Waals surface area contributed by atoms with E-state index in [0.717, 1.165) is 5.56 Å². The highest BCUT2D eigenvalue weighted by molar-refractivity contribution is 6.31. The zero-order valence-electron chi connectivity index (χ0n) is 12.4. The fourth-order valence-electron chi connectivity index (χ4n) is 2.03. The van der Waals surface area contributed by atoms with Crippen LogP contribution in [-0.4, -0.2) is 17.8 Å². The van der Waals surface area contributed by atoms with Gasteiger partial charge in [0.25, 0.3) is 0 Å². The second-order valence-corrected chi connectivity index (χ2v) is 5.48. The van der Waals surface area contributed by atoms with Gasteiger partial charge in [0.15, 0.2) is 0 Å². The van der Waals surface area contributed by atoms with Crippen LogP contribution < -0.4 is 10.1 Å². The minimum atomic E-state index is -0.412. The average Bonchev–Trinajstić information content (AvgIpc) is 2.48. The Labute approximate surface area is 134 Å². The molecule has 0 aliphatic carbocycles. The van der Waals surface area contributed by atoms with E-state index in [1.165, 1.54) is 6.07 Å². The van der Waals surface area contributed by atoms with Crippen LogP contribution in [0, 0.1) is 5.82 Å². The van der Waals surface area contributed by atoms with Gasteiger partial charge in [0.1, 0.15) is 18.2 Å². The van der Waals surface area contributed by atoms with Crippen LogP contribution in [0.2, 0.25) is 5.02 Å². The molecule has 0 saturated heterocycles. The van der Waals surface area contributed by atoms with Gasteiger partial charge in [-0.3, -0.25) is 0 Å². The van der Waals surface area contributed by atoms with E-state index in [1.54, 1.807) is 19.1 Å². The zero-order chi connectivity index (χ0) is 15.9. The van der Waals surface area contributed by atoms with Gasteiger partial charge in [-0.1, -0.05) is 35.9 Å². The summed E-state index contributed by atoms with van der Waals surface area (Å²) < 4.78 is 19.5. The maximum Gasteiger partial charge on any atom is 0.131 e. The highest BCUT2D eigenvalue weighted by atomic mass is 35.5. The molecule has 3 nitrogen and oxygen atoms in total. The molecule has 0 aromatic heterocycles. The summed E-state index contributed by atoms with van der Waals surface area (Å²) in [5.74, 6) is 0.289. The van der Waals surface area contributed by atoms with Gasteiger partial charge in [-0.15, -0.1) is 0 Å². The fraction of sp³-hybridized carbons (Fsp3) is 0.294. The normalized spacial score (nSPS) is 12.2. The third kappa shape index (κ3) is 4.70. The molecule has 0 aliphatic heterocycles. The first-order valence-electron chi connectivity index (χ1n) is 7.10. The van der Waals surface area contributed by atoms with Crippen molar-refractivity contribution in [1.82, 2.24) is 5.32 Å². The predicted octanol–water partition coefficient (Wildman–Crippen LogP) is 3.53. The molecule has 118 valence electrons. The lowest BCUT2D eigenvalue weighted by Gasteiger charge is -2.14. The van der Waals surface area contributed by atoms with E-state index < -0.39 is 6.10 Å². The molecule has 1 atom stereocenters. The predicted molar refractivity (Wildman–Crippen MR) is 85.6 cm³/mol. The second-order valence-electron chi connectivity index (χ2n) is 5.08. The van der Waals surface area contributed by atoms with Crippen LogP contribution in [0.1, 0.15) is 18.1 Å². The summed E-state index contributed by atoms with van der Waals surface area (Å²) in [6, 6.07) is 12.1. The minimum absolute atomic E-state index is 0.0684. The van der Waals surface area contributed by atoms with E-state index in [1.807, 2.05) is 24.3 Å². The summed E-state index contributed by atoms with van der Waals surface area (Å²) in [4.78, 5) is 0. The molecule has 0 spiro atoms. The zero-order valence-corrected chi connectivity index (χ0v) is 13.1. The monoisotopic (exact) mass is 323 g/mol. The number of ether oxygens (including phenoxy) is 1. The molecule has 2 aromatic rings. The number of halogens is 2. The first-order valence-corrected chi connectivity index (χ1v) is 7.48. The quantitative estimate of drug-likeness (QED) is 0.819. The van der Waals surface area contributed by atoms with E-state index >= 15 is 0 Å². The van der Waals surface area contributed by atoms with Gasteiger partial charge in [0, 0.05) is 24.2 Å². The molecular weight excluding hydrogens is 305 g/mol. The number of hydrogen-bond acceptors (Lipinski definition) is 3. The Morgan fingerprint density at radius 2 is 2.00 bits per heavy atom. The molecule has 0 saturated carbocycles. The molecule has 0 heterocycles. The van der Waals surface area contributed by atoms with Crippen molar-refractivity contribution in [3.8, 4) is 5.75 Å². The van der Waals surface area contributed by atoms with Crippen LogP contribution in [0.4, 0.5) is 4.39 Å². The van der Waals surface area contributed by atoms with Crippen molar-refractivity contribution in [2.24, 2.45) is 0 Å². The van der Waals surface area contributed by atoms with Gasteiger partial charge in [0.2, 0.25) is 0 Å². The highest BCUT2D eigenvalue weighted by Gasteiger charge is 2.09. The van der Waals surface area contributed by atoms with Crippen molar-refractivity contribution in [1.29, 1.82) is 0 Å². The maximum absolute atomic E-state index is 13.7. The average molecular weight is 324 g/mol. The van der Waals surface area contributed by atoms with Crippen LogP contribution in [0.25, 0.3) is 0 Å². The number of para-hydroxylation sites is 1. The van der Waals surface area contributed by atoms with Crippen LogP contribution in [0.3, 0.4) is 0 Å². The number of hydrogen-bond donors (Lipinski definition) is 2. The van der Waals surface area contributed by atoms with E-state index in [0.29, 0.717) is 29.4 Å². The van der Waals surface area contributed by atoms with Gasteiger partial charge in [0.05, 0.1) is 11.1 Å². The molecule has 2 N–H and O–H groups in total. The molecular formula is C17H19ClFNO2. The van der Waals surface area contributed by atoms with E-state index in [2.05, 4.69) is 5.32 Å². The molecule has 0 aliphatic rings. The van der Waals surface area contributed by atoms with Crippen LogP contribution in [0.15, 0.2) is 42.5 Å². The van der Waals surface area contributed by atoms with Crippen molar-refractivity contribution >= 4 is 11.6 Å². The third-order valence-electron chi connectivity index (χ3n) is 3.16. The van der Waals surface area contributed by atoms with Crippen molar-refractivity contribution in [2.75, 3.05) is 6.54 Å². The highest BCUT2D eigenvalue weighted by Crippen LogP contribution is 2.23. The summed E-state index contributed by atoms with van der Waals surface area (Å²) >= 11 is 5.99. The molecule has 0 bridgehead atoms. The number of nitrogens with one attached hydrogen (secondary N) is 1. The maximum atomic E-state index is 13.7. The number of aliphatic hydroxyl groups excluding tert-OH is 1. The fourth-order valence-corrected chi connectivity index (χ4v) is 2.24. The summed E-state index contributed by atoms with van der Waals surface area (Å²) in [7, 11) is 0. The molecule has 0 unspecified atom stereocenters.